The Kier molecular flexibility index (Phi) is 5.23. The maximum absolute atomic E-state index is 11.9. The van der Waals surface area contributed by atoms with E-state index in [1.54, 1.807) is 24.3 Å². The quantitative estimate of drug-likeness (QED) is 0.593. The molecule has 7 heteroatoms. The molecule has 0 bridgehead atoms. The molecule has 0 aliphatic heterocycles. The molecule has 21 heavy (non-hydrogen) atoms. The van der Waals surface area contributed by atoms with Gasteiger partial charge >= 0.3 is 0 Å². The highest BCUT2D eigenvalue weighted by molar-refractivity contribution is 14.1. The fraction of sp³-hybridized carbons (Fsp3) is 0.0714. The second-order valence-electron chi connectivity index (χ2n) is 4.27. The van der Waals surface area contributed by atoms with Crippen LogP contribution < -0.4 is 5.32 Å². The molecule has 0 aliphatic carbocycles. The van der Waals surface area contributed by atoms with Gasteiger partial charge in [0.15, 0.2) is 0 Å². The summed E-state index contributed by atoms with van der Waals surface area (Å²) in [5.41, 5.74) is 1.37. The van der Waals surface area contributed by atoms with E-state index in [0.29, 0.717) is 12.1 Å². The summed E-state index contributed by atoms with van der Waals surface area (Å²) in [7, 11) is 1.52. The highest BCUT2D eigenvalue weighted by Crippen LogP contribution is 2.15. The molecule has 4 nitrogen and oxygen atoms in total. The molecule has 2 rings (SSSR count). The van der Waals surface area contributed by atoms with Gasteiger partial charge in [-0.15, -0.1) is 0 Å². The molecule has 0 unspecified atom stereocenters. The van der Waals surface area contributed by atoms with Gasteiger partial charge in [-0.2, -0.15) is 0 Å². The number of halogens is 2. The summed E-state index contributed by atoms with van der Waals surface area (Å²) >= 11 is 2.17. The van der Waals surface area contributed by atoms with E-state index in [9.17, 15) is 13.2 Å². The molecule has 0 saturated heterocycles. The van der Waals surface area contributed by atoms with E-state index in [0.717, 1.165) is 9.13 Å². The van der Waals surface area contributed by atoms with Gasteiger partial charge in [0.1, 0.15) is 0 Å². The van der Waals surface area contributed by atoms with Crippen LogP contribution in [0.2, 0.25) is 0 Å². The Morgan fingerprint density at radius 1 is 1.05 bits per heavy atom. The van der Waals surface area contributed by atoms with Gasteiger partial charge < -0.3 is 5.32 Å². The molecule has 2 aromatic carbocycles. The smallest absolute Gasteiger partial charge is 0.261 e. The Labute approximate surface area is 141 Å². The Morgan fingerprint density at radius 2 is 1.62 bits per heavy atom. The van der Waals surface area contributed by atoms with Crippen LogP contribution in [0, 0.1) is 3.57 Å². The van der Waals surface area contributed by atoms with Crippen molar-refractivity contribution in [1.29, 1.82) is 0 Å². The lowest BCUT2D eigenvalue weighted by atomic mass is 10.2. The van der Waals surface area contributed by atoms with Crippen molar-refractivity contribution in [3.05, 3.63) is 63.2 Å². The highest BCUT2D eigenvalue weighted by Gasteiger charge is 2.09. The normalized spacial score (nSPS) is 11.1. The van der Waals surface area contributed by atoms with Crippen molar-refractivity contribution < 1.29 is 13.2 Å². The summed E-state index contributed by atoms with van der Waals surface area (Å²) in [5.74, 6) is -0.180. The lowest BCUT2D eigenvalue weighted by Gasteiger charge is -2.06. The maximum atomic E-state index is 11.9. The van der Waals surface area contributed by atoms with Gasteiger partial charge in [-0.05, 0) is 64.6 Å². The number of hydrogen-bond acceptors (Lipinski definition) is 3. The molecule has 0 aliphatic rings. The number of nitrogens with one attached hydrogen (secondary N) is 1. The Morgan fingerprint density at radius 3 is 2.14 bits per heavy atom. The highest BCUT2D eigenvalue weighted by atomic mass is 127. The first-order chi connectivity index (χ1) is 9.86. The number of carbonyl (C=O) groups is 1. The van der Waals surface area contributed by atoms with Gasteiger partial charge in [0.25, 0.3) is 15.0 Å². The summed E-state index contributed by atoms with van der Waals surface area (Å²) in [4.78, 5) is 12.0. The molecule has 1 amide bonds. The van der Waals surface area contributed by atoms with Gasteiger partial charge in [0.05, 0.1) is 4.90 Å². The van der Waals surface area contributed by atoms with Crippen LogP contribution >= 0.6 is 33.3 Å². The SMILES string of the molecule is O=C(NCc1ccc(S(=O)(=O)Cl)cc1)c1ccc(I)cc1. The Bertz CT molecular complexity index is 743. The zero-order chi connectivity index (χ0) is 15.5. The molecule has 0 fully saturated rings. The van der Waals surface area contributed by atoms with Crippen LogP contribution in [-0.4, -0.2) is 14.3 Å². The first-order valence-corrected chi connectivity index (χ1v) is 9.32. The van der Waals surface area contributed by atoms with E-state index in [1.165, 1.54) is 12.1 Å². The summed E-state index contributed by atoms with van der Waals surface area (Å²) in [6, 6.07) is 13.3. The minimum absolute atomic E-state index is 0.0388. The Hall–Kier alpha value is -1.12. The average molecular weight is 436 g/mol. The lowest BCUT2D eigenvalue weighted by molar-refractivity contribution is 0.0951. The molecule has 0 heterocycles. The van der Waals surface area contributed by atoms with Crippen LogP contribution in [0.25, 0.3) is 0 Å². The second kappa shape index (κ2) is 6.76. The molecular weight excluding hydrogens is 425 g/mol. The van der Waals surface area contributed by atoms with Crippen molar-refractivity contribution in [2.75, 3.05) is 0 Å². The number of benzene rings is 2. The van der Waals surface area contributed by atoms with Gasteiger partial charge in [-0.1, -0.05) is 12.1 Å². The molecule has 0 radical (unpaired) electrons. The molecule has 110 valence electrons. The topological polar surface area (TPSA) is 63.2 Å². The summed E-state index contributed by atoms with van der Waals surface area (Å²) in [5, 5.41) is 2.77. The minimum atomic E-state index is -3.71. The third-order valence-electron chi connectivity index (χ3n) is 2.76. The monoisotopic (exact) mass is 435 g/mol. The van der Waals surface area contributed by atoms with Crippen molar-refractivity contribution in [3.63, 3.8) is 0 Å². The van der Waals surface area contributed by atoms with Gasteiger partial charge in [0.2, 0.25) is 0 Å². The molecular formula is C14H11ClINO3S. The number of amides is 1. The predicted molar refractivity (Wildman–Crippen MR) is 89.8 cm³/mol. The van der Waals surface area contributed by atoms with Crippen LogP contribution in [0.1, 0.15) is 15.9 Å². The van der Waals surface area contributed by atoms with Gasteiger partial charge in [0, 0.05) is 26.4 Å². The summed E-state index contributed by atoms with van der Waals surface area (Å²) < 4.78 is 23.3. The molecule has 0 atom stereocenters. The van der Waals surface area contributed by atoms with Crippen molar-refractivity contribution in [3.8, 4) is 0 Å². The lowest BCUT2D eigenvalue weighted by Crippen LogP contribution is -2.22. The minimum Gasteiger partial charge on any atom is -0.348 e. The summed E-state index contributed by atoms with van der Waals surface area (Å²) in [6.07, 6.45) is 0. The van der Waals surface area contributed by atoms with Crippen LogP contribution in [0.5, 0.6) is 0 Å². The maximum Gasteiger partial charge on any atom is 0.261 e. The third-order valence-corrected chi connectivity index (χ3v) is 4.85. The third kappa shape index (κ3) is 4.69. The van der Waals surface area contributed by atoms with Crippen molar-refractivity contribution >= 4 is 48.2 Å². The molecule has 2 aromatic rings. The fourth-order valence-corrected chi connectivity index (χ4v) is 2.78. The Balaban J connectivity index is 2.00. The van der Waals surface area contributed by atoms with Gasteiger partial charge in [-0.3, -0.25) is 4.79 Å². The van der Waals surface area contributed by atoms with Crippen LogP contribution in [0.15, 0.2) is 53.4 Å². The number of rotatable bonds is 4. The first-order valence-electron chi connectivity index (χ1n) is 5.93. The first kappa shape index (κ1) is 16.3. The number of hydrogen-bond donors (Lipinski definition) is 1. The zero-order valence-electron chi connectivity index (χ0n) is 10.7. The largest absolute Gasteiger partial charge is 0.348 e. The number of carbonyl (C=O) groups excluding carboxylic acids is 1. The standard InChI is InChI=1S/C14H11ClINO3S/c15-21(19,20)13-7-1-10(2-8-13)9-17-14(18)11-3-5-12(16)6-4-11/h1-8H,9H2,(H,17,18). The van der Waals surface area contributed by atoms with Crippen LogP contribution in [0.3, 0.4) is 0 Å². The molecule has 0 saturated carbocycles. The van der Waals surface area contributed by atoms with Crippen molar-refractivity contribution in [2.45, 2.75) is 11.4 Å². The van der Waals surface area contributed by atoms with E-state index < -0.39 is 9.05 Å². The summed E-state index contributed by atoms with van der Waals surface area (Å²) in [6.45, 7) is 0.313. The van der Waals surface area contributed by atoms with Crippen molar-refractivity contribution in [2.24, 2.45) is 0 Å². The predicted octanol–water partition coefficient (Wildman–Crippen LogP) is 3.15. The van der Waals surface area contributed by atoms with Crippen molar-refractivity contribution in [1.82, 2.24) is 5.32 Å². The van der Waals surface area contributed by atoms with E-state index in [4.69, 9.17) is 10.7 Å². The molecule has 1 N–H and O–H groups in total. The molecule has 0 aromatic heterocycles. The van der Waals surface area contributed by atoms with E-state index >= 15 is 0 Å². The fourth-order valence-electron chi connectivity index (χ4n) is 1.66. The van der Waals surface area contributed by atoms with Gasteiger partial charge in [-0.25, -0.2) is 8.42 Å². The van der Waals surface area contributed by atoms with Crippen LogP contribution in [-0.2, 0) is 15.6 Å². The average Bonchev–Trinajstić information content (AvgIpc) is 2.45. The molecule has 0 spiro atoms. The van der Waals surface area contributed by atoms with Crippen LogP contribution in [0.4, 0.5) is 0 Å². The van der Waals surface area contributed by atoms with E-state index in [2.05, 4.69) is 27.9 Å². The van der Waals surface area contributed by atoms with E-state index in [1.807, 2.05) is 12.1 Å². The zero-order valence-corrected chi connectivity index (χ0v) is 14.4. The van der Waals surface area contributed by atoms with E-state index in [-0.39, 0.29) is 10.8 Å². The second-order valence-corrected chi connectivity index (χ2v) is 8.08.